The van der Waals surface area contributed by atoms with Crippen molar-refractivity contribution < 1.29 is 0 Å². The molecule has 2 aromatic rings. The van der Waals surface area contributed by atoms with Gasteiger partial charge in [-0.1, -0.05) is 29.8 Å². The van der Waals surface area contributed by atoms with Crippen molar-refractivity contribution in [1.29, 1.82) is 0 Å². The van der Waals surface area contributed by atoms with E-state index in [1.807, 2.05) is 0 Å². The summed E-state index contributed by atoms with van der Waals surface area (Å²) >= 11 is 5.29. The number of thiophene rings is 1. The van der Waals surface area contributed by atoms with Crippen LogP contribution in [0.15, 0.2) is 40.2 Å². The number of nitrogens with one attached hydrogen (secondary N) is 1. The maximum absolute atomic E-state index is 3.57. The lowest BCUT2D eigenvalue weighted by Gasteiger charge is -2.12. The lowest BCUT2D eigenvalue weighted by atomic mass is 10.1. The van der Waals surface area contributed by atoms with E-state index in [-0.39, 0.29) is 0 Å². The Balaban J connectivity index is 1.82. The molecule has 1 aromatic carbocycles. The third-order valence-corrected chi connectivity index (χ3v) is 4.84. The molecule has 1 aromatic heterocycles. The van der Waals surface area contributed by atoms with Gasteiger partial charge in [0.25, 0.3) is 0 Å². The second-order valence-corrected chi connectivity index (χ2v) is 6.44. The summed E-state index contributed by atoms with van der Waals surface area (Å²) in [7, 11) is 0. The fourth-order valence-corrected chi connectivity index (χ4v) is 3.43. The molecular weight excluding hydrogens is 306 g/mol. The normalized spacial score (nSPS) is 12.6. The van der Waals surface area contributed by atoms with E-state index in [0.717, 1.165) is 13.0 Å². The summed E-state index contributed by atoms with van der Waals surface area (Å²) in [6.07, 6.45) is 1.08. The quantitative estimate of drug-likeness (QED) is 0.840. The van der Waals surface area contributed by atoms with E-state index in [4.69, 9.17) is 0 Å². The monoisotopic (exact) mass is 323 g/mol. The van der Waals surface area contributed by atoms with Gasteiger partial charge in [0.15, 0.2) is 0 Å². The average Bonchev–Trinajstić information content (AvgIpc) is 2.76. The van der Waals surface area contributed by atoms with E-state index in [9.17, 15) is 0 Å². The van der Waals surface area contributed by atoms with Crippen LogP contribution < -0.4 is 5.32 Å². The molecule has 0 radical (unpaired) electrons. The molecule has 1 heterocycles. The summed E-state index contributed by atoms with van der Waals surface area (Å²) in [5.41, 5.74) is 2.74. The molecule has 18 heavy (non-hydrogen) atoms. The van der Waals surface area contributed by atoms with Gasteiger partial charge in [0, 0.05) is 20.8 Å². The zero-order valence-corrected chi connectivity index (χ0v) is 13.1. The average molecular weight is 324 g/mol. The molecule has 3 heteroatoms. The van der Waals surface area contributed by atoms with Crippen molar-refractivity contribution in [2.45, 2.75) is 26.3 Å². The molecule has 0 amide bonds. The van der Waals surface area contributed by atoms with Crippen LogP contribution in [-0.2, 0) is 6.42 Å². The minimum Gasteiger partial charge on any atom is -0.309 e. The van der Waals surface area contributed by atoms with Gasteiger partial charge in [-0.2, -0.15) is 0 Å². The van der Waals surface area contributed by atoms with Crippen molar-refractivity contribution in [3.63, 3.8) is 0 Å². The highest BCUT2D eigenvalue weighted by molar-refractivity contribution is 9.10. The molecule has 0 aliphatic rings. The molecule has 1 N–H and O–H groups in total. The van der Waals surface area contributed by atoms with Crippen LogP contribution in [0, 0.1) is 6.92 Å². The summed E-state index contributed by atoms with van der Waals surface area (Å²) in [6.45, 7) is 5.37. The Bertz CT molecular complexity index is 507. The summed E-state index contributed by atoms with van der Waals surface area (Å²) in [5, 5.41) is 5.70. The van der Waals surface area contributed by atoms with Crippen LogP contribution >= 0.6 is 27.3 Å². The minimum atomic E-state index is 0.422. The van der Waals surface area contributed by atoms with E-state index in [1.165, 1.54) is 20.5 Å². The van der Waals surface area contributed by atoms with Gasteiger partial charge in [-0.15, -0.1) is 11.3 Å². The van der Waals surface area contributed by atoms with Gasteiger partial charge in [0.05, 0.1) is 0 Å². The predicted molar refractivity (Wildman–Crippen MR) is 83.3 cm³/mol. The van der Waals surface area contributed by atoms with Gasteiger partial charge < -0.3 is 5.32 Å². The van der Waals surface area contributed by atoms with Crippen LogP contribution in [0.2, 0.25) is 0 Å². The fraction of sp³-hybridized carbons (Fsp3) is 0.333. The van der Waals surface area contributed by atoms with Crippen molar-refractivity contribution in [2.24, 2.45) is 0 Å². The molecule has 0 bridgehead atoms. The van der Waals surface area contributed by atoms with E-state index in [0.29, 0.717) is 6.04 Å². The van der Waals surface area contributed by atoms with Crippen LogP contribution in [0.3, 0.4) is 0 Å². The molecule has 2 rings (SSSR count). The van der Waals surface area contributed by atoms with E-state index >= 15 is 0 Å². The molecule has 0 fully saturated rings. The van der Waals surface area contributed by atoms with E-state index < -0.39 is 0 Å². The molecule has 1 unspecified atom stereocenters. The SMILES string of the molecule is Cc1cccc(CCNC(C)c2cc(Br)cs2)c1. The highest BCUT2D eigenvalue weighted by Crippen LogP contribution is 2.25. The first-order valence-electron chi connectivity index (χ1n) is 6.18. The lowest BCUT2D eigenvalue weighted by Crippen LogP contribution is -2.20. The minimum absolute atomic E-state index is 0.422. The third-order valence-electron chi connectivity index (χ3n) is 2.96. The standard InChI is InChI=1S/C15H18BrNS/c1-11-4-3-5-13(8-11)6-7-17-12(2)15-9-14(16)10-18-15/h3-5,8-10,12,17H,6-7H2,1-2H3. The van der Waals surface area contributed by atoms with Crippen LogP contribution in [0.1, 0.15) is 29.0 Å². The summed E-state index contributed by atoms with van der Waals surface area (Å²) in [6, 6.07) is 11.3. The van der Waals surface area contributed by atoms with Crippen LogP contribution in [0.4, 0.5) is 0 Å². The maximum atomic E-state index is 3.57. The van der Waals surface area contributed by atoms with Gasteiger partial charge in [0.1, 0.15) is 0 Å². The zero-order chi connectivity index (χ0) is 13.0. The van der Waals surface area contributed by atoms with Crippen molar-refractivity contribution in [1.82, 2.24) is 5.32 Å². The molecule has 1 nitrogen and oxygen atoms in total. The highest BCUT2D eigenvalue weighted by Gasteiger charge is 2.06. The van der Waals surface area contributed by atoms with Crippen molar-refractivity contribution in [2.75, 3.05) is 6.54 Å². The molecule has 0 aliphatic carbocycles. The Labute approximate surface area is 121 Å². The van der Waals surface area contributed by atoms with E-state index in [1.54, 1.807) is 11.3 Å². The molecule has 96 valence electrons. The summed E-state index contributed by atoms with van der Waals surface area (Å²) < 4.78 is 1.18. The van der Waals surface area contributed by atoms with Crippen molar-refractivity contribution >= 4 is 27.3 Å². The zero-order valence-electron chi connectivity index (χ0n) is 10.7. The second kappa shape index (κ2) is 6.50. The number of rotatable bonds is 5. The van der Waals surface area contributed by atoms with Gasteiger partial charge in [-0.3, -0.25) is 0 Å². The number of benzene rings is 1. The van der Waals surface area contributed by atoms with Gasteiger partial charge in [-0.25, -0.2) is 0 Å². The molecule has 0 saturated heterocycles. The van der Waals surface area contributed by atoms with Crippen LogP contribution in [0.25, 0.3) is 0 Å². The largest absolute Gasteiger partial charge is 0.309 e. The molecule has 0 aliphatic heterocycles. The second-order valence-electron chi connectivity index (χ2n) is 4.58. The highest BCUT2D eigenvalue weighted by atomic mass is 79.9. The van der Waals surface area contributed by atoms with Crippen LogP contribution in [-0.4, -0.2) is 6.54 Å². The Morgan fingerprint density at radius 1 is 1.33 bits per heavy atom. The molecule has 0 saturated carbocycles. The number of hydrogen-bond acceptors (Lipinski definition) is 2. The fourth-order valence-electron chi connectivity index (χ4n) is 1.96. The molecule has 0 spiro atoms. The Morgan fingerprint density at radius 3 is 2.83 bits per heavy atom. The maximum Gasteiger partial charge on any atom is 0.0386 e. The summed E-state index contributed by atoms with van der Waals surface area (Å²) in [4.78, 5) is 1.38. The predicted octanol–water partition coefficient (Wildman–Crippen LogP) is 4.71. The van der Waals surface area contributed by atoms with Gasteiger partial charge in [-0.05, 0) is 54.4 Å². The van der Waals surface area contributed by atoms with Crippen molar-refractivity contribution in [3.05, 3.63) is 56.2 Å². The van der Waals surface area contributed by atoms with Gasteiger partial charge in [0.2, 0.25) is 0 Å². The van der Waals surface area contributed by atoms with E-state index in [2.05, 4.69) is 70.8 Å². The number of halogens is 1. The Hall–Kier alpha value is -0.640. The first-order chi connectivity index (χ1) is 8.65. The number of aryl methyl sites for hydroxylation is 1. The van der Waals surface area contributed by atoms with Crippen molar-refractivity contribution in [3.8, 4) is 0 Å². The number of hydrogen-bond donors (Lipinski definition) is 1. The third kappa shape index (κ3) is 3.94. The molecule has 1 atom stereocenters. The van der Waals surface area contributed by atoms with Gasteiger partial charge >= 0.3 is 0 Å². The smallest absolute Gasteiger partial charge is 0.0386 e. The Kier molecular flexibility index (Phi) is 4.98. The van der Waals surface area contributed by atoms with Crippen LogP contribution in [0.5, 0.6) is 0 Å². The Morgan fingerprint density at radius 2 is 2.17 bits per heavy atom. The first-order valence-corrected chi connectivity index (χ1v) is 7.85. The topological polar surface area (TPSA) is 12.0 Å². The first kappa shape index (κ1) is 13.8. The molecular formula is C15H18BrNS. The lowest BCUT2D eigenvalue weighted by molar-refractivity contribution is 0.584. The summed E-state index contributed by atoms with van der Waals surface area (Å²) in [5.74, 6) is 0.